The van der Waals surface area contributed by atoms with Crippen molar-refractivity contribution in [2.75, 3.05) is 18.1 Å². The van der Waals surface area contributed by atoms with Crippen molar-refractivity contribution in [1.29, 1.82) is 0 Å². The van der Waals surface area contributed by atoms with Crippen molar-refractivity contribution in [2.24, 2.45) is 12.5 Å². The summed E-state index contributed by atoms with van der Waals surface area (Å²) >= 11 is 0. The van der Waals surface area contributed by atoms with E-state index in [2.05, 4.69) is 15.5 Å². The number of alkyl halides is 5. The average molecular weight is 588 g/mol. The van der Waals surface area contributed by atoms with Crippen LogP contribution >= 0.6 is 0 Å². The third-order valence-electron chi connectivity index (χ3n) is 9.44. The lowest BCUT2D eigenvalue weighted by atomic mass is 9.60. The van der Waals surface area contributed by atoms with Crippen LogP contribution in [0.25, 0.3) is 0 Å². The van der Waals surface area contributed by atoms with Crippen LogP contribution < -0.4 is 10.2 Å². The van der Waals surface area contributed by atoms with E-state index in [-0.39, 0.29) is 42.1 Å². The molecule has 7 nitrogen and oxygen atoms in total. The molecule has 42 heavy (non-hydrogen) atoms. The van der Waals surface area contributed by atoms with Crippen molar-refractivity contribution >= 4 is 11.6 Å². The van der Waals surface area contributed by atoms with E-state index < -0.39 is 41.8 Å². The van der Waals surface area contributed by atoms with Gasteiger partial charge in [-0.15, -0.1) is 10.2 Å². The predicted molar refractivity (Wildman–Crippen MR) is 142 cm³/mol. The monoisotopic (exact) mass is 587 g/mol. The molecule has 2 aliphatic heterocycles. The molecule has 7 rings (SSSR count). The molecule has 1 amide bonds. The molecule has 1 saturated heterocycles. The summed E-state index contributed by atoms with van der Waals surface area (Å²) < 4.78 is 78.2. The molecular formula is C30H30F5N5O2. The first-order chi connectivity index (χ1) is 19.9. The minimum Gasteiger partial charge on any atom is -0.380 e. The Labute approximate surface area is 239 Å². The molecule has 0 bridgehead atoms. The minimum atomic E-state index is -4.64. The van der Waals surface area contributed by atoms with Crippen LogP contribution in [0.1, 0.15) is 64.1 Å². The van der Waals surface area contributed by atoms with E-state index in [0.717, 1.165) is 32.1 Å². The molecule has 12 heteroatoms. The largest absolute Gasteiger partial charge is 0.416 e. The van der Waals surface area contributed by atoms with Crippen LogP contribution in [-0.4, -0.2) is 45.8 Å². The number of nitrogens with zero attached hydrogens (tertiary/aromatic N) is 4. The van der Waals surface area contributed by atoms with Crippen molar-refractivity contribution in [2.45, 2.75) is 68.7 Å². The summed E-state index contributed by atoms with van der Waals surface area (Å²) in [4.78, 5) is 14.9. The van der Waals surface area contributed by atoms with Gasteiger partial charge in [0, 0.05) is 61.0 Å². The molecule has 222 valence electrons. The summed E-state index contributed by atoms with van der Waals surface area (Å²) in [6, 6.07) is 9.56. The highest BCUT2D eigenvalue weighted by molar-refractivity contribution is 6.10. The summed E-state index contributed by atoms with van der Waals surface area (Å²) in [7, 11) is 1.74. The van der Waals surface area contributed by atoms with Gasteiger partial charge in [0.2, 0.25) is 5.92 Å². The number of carbonyl (C=O) groups excluding carboxylic acids is 1. The van der Waals surface area contributed by atoms with Gasteiger partial charge in [-0.2, -0.15) is 13.2 Å². The number of hydrogen-bond acceptors (Lipinski definition) is 5. The second-order valence-corrected chi connectivity index (χ2v) is 12.6. The van der Waals surface area contributed by atoms with Crippen LogP contribution in [-0.2, 0) is 42.9 Å². The molecular weight excluding hydrogens is 557 g/mol. The number of ether oxygens (including phenoxy) is 1. The first-order valence-corrected chi connectivity index (χ1v) is 14.0. The minimum absolute atomic E-state index is 0.0217. The van der Waals surface area contributed by atoms with Gasteiger partial charge in [0.25, 0.3) is 5.91 Å². The molecule has 3 aromatic rings. The topological polar surface area (TPSA) is 72.3 Å². The van der Waals surface area contributed by atoms with Crippen LogP contribution in [0.15, 0.2) is 42.7 Å². The number of fused-ring (bicyclic) bond motifs is 1. The number of aromatic nitrogens is 3. The quantitative estimate of drug-likeness (QED) is 0.386. The maximum absolute atomic E-state index is 14.3. The molecule has 3 fully saturated rings. The molecule has 4 aliphatic rings. The standard InChI is InChI=1S/C30H30F5N5O2/c1-39-17-37-38-25(39)10-28(13-29(31,32)14-28)19-3-2-4-21(7-19)40-12-23-22(26(40)41)5-18(6-24(23)30(33,34)35)11-36-20-8-27(9-20)15-42-16-27/h2-7,17,20,36H,8-16H2,1H3. The number of rotatable bonds is 7. The number of halogens is 5. The fraction of sp³-hybridized carbons (Fsp3) is 0.500. The van der Waals surface area contributed by atoms with Crippen molar-refractivity contribution in [3.8, 4) is 0 Å². The molecule has 1 spiro atoms. The summed E-state index contributed by atoms with van der Waals surface area (Å²) in [5, 5.41) is 11.3. The highest BCUT2D eigenvalue weighted by Crippen LogP contribution is 2.55. The highest BCUT2D eigenvalue weighted by atomic mass is 19.4. The molecule has 0 atom stereocenters. The molecule has 3 heterocycles. The normalized spacial score (nSPS) is 22.0. The van der Waals surface area contributed by atoms with Crippen LogP contribution in [0.5, 0.6) is 0 Å². The Morgan fingerprint density at radius 2 is 1.88 bits per heavy atom. The Bertz CT molecular complexity index is 1550. The van der Waals surface area contributed by atoms with E-state index in [1.54, 1.807) is 41.9 Å². The summed E-state index contributed by atoms with van der Waals surface area (Å²) in [5.74, 6) is -2.83. The van der Waals surface area contributed by atoms with Crippen LogP contribution in [0.2, 0.25) is 0 Å². The van der Waals surface area contributed by atoms with Gasteiger partial charge < -0.3 is 19.5 Å². The molecule has 2 aliphatic carbocycles. The van der Waals surface area contributed by atoms with Gasteiger partial charge in [-0.25, -0.2) is 8.78 Å². The molecule has 2 aromatic carbocycles. The van der Waals surface area contributed by atoms with E-state index in [9.17, 15) is 26.7 Å². The van der Waals surface area contributed by atoms with Gasteiger partial charge in [0.05, 0.1) is 25.3 Å². The smallest absolute Gasteiger partial charge is 0.380 e. The van der Waals surface area contributed by atoms with Gasteiger partial charge in [0.1, 0.15) is 12.2 Å². The summed E-state index contributed by atoms with van der Waals surface area (Å²) in [6.07, 6.45) is -1.85. The Kier molecular flexibility index (Phi) is 6.08. The third-order valence-corrected chi connectivity index (χ3v) is 9.44. The van der Waals surface area contributed by atoms with Gasteiger partial charge in [-0.3, -0.25) is 4.79 Å². The van der Waals surface area contributed by atoms with Crippen LogP contribution in [0, 0.1) is 5.41 Å². The van der Waals surface area contributed by atoms with Crippen LogP contribution in [0.3, 0.4) is 0 Å². The summed E-state index contributed by atoms with van der Waals surface area (Å²) in [6.45, 7) is 1.44. The van der Waals surface area contributed by atoms with Crippen molar-refractivity contribution < 1.29 is 31.5 Å². The lowest BCUT2D eigenvalue weighted by Gasteiger charge is -2.53. The van der Waals surface area contributed by atoms with Gasteiger partial charge in [-0.05, 0) is 53.8 Å². The fourth-order valence-electron chi connectivity index (χ4n) is 7.19. The van der Waals surface area contributed by atoms with Gasteiger partial charge in [-0.1, -0.05) is 12.1 Å². The number of benzene rings is 2. The zero-order valence-corrected chi connectivity index (χ0v) is 23.0. The molecule has 2 saturated carbocycles. The maximum Gasteiger partial charge on any atom is 0.416 e. The summed E-state index contributed by atoms with van der Waals surface area (Å²) in [5.41, 5.74) is -0.218. The van der Waals surface area contributed by atoms with Gasteiger partial charge >= 0.3 is 6.18 Å². The molecule has 0 radical (unpaired) electrons. The van der Waals surface area contributed by atoms with E-state index >= 15 is 0 Å². The zero-order chi connectivity index (χ0) is 29.5. The Morgan fingerprint density at radius 3 is 2.50 bits per heavy atom. The second kappa shape index (κ2) is 9.31. The Hall–Kier alpha value is -3.38. The zero-order valence-electron chi connectivity index (χ0n) is 23.0. The van der Waals surface area contributed by atoms with Crippen LogP contribution in [0.4, 0.5) is 27.6 Å². The van der Waals surface area contributed by atoms with Crippen molar-refractivity contribution in [1.82, 2.24) is 20.1 Å². The lowest BCUT2D eigenvalue weighted by molar-refractivity contribution is -0.167. The second-order valence-electron chi connectivity index (χ2n) is 12.6. The van der Waals surface area contributed by atoms with E-state index in [4.69, 9.17) is 4.74 Å². The number of carbonyl (C=O) groups is 1. The van der Waals surface area contributed by atoms with E-state index in [1.165, 1.54) is 11.2 Å². The Balaban J connectivity index is 1.16. The first-order valence-electron chi connectivity index (χ1n) is 14.0. The highest BCUT2D eigenvalue weighted by Gasteiger charge is 2.58. The Morgan fingerprint density at radius 1 is 1.12 bits per heavy atom. The number of hydrogen-bond donors (Lipinski definition) is 1. The SMILES string of the molecule is Cn1cnnc1CC1(c2cccc(N3Cc4c(cc(CNC5CC6(COC6)C5)cc4C(F)(F)F)C3=O)c2)CC(F)(F)C1. The average Bonchev–Trinajstić information content (AvgIpc) is 3.42. The van der Waals surface area contributed by atoms with Crippen molar-refractivity contribution in [3.05, 3.63) is 76.4 Å². The number of anilines is 1. The lowest BCUT2D eigenvalue weighted by Crippen LogP contribution is -2.58. The number of amides is 1. The molecule has 1 aromatic heterocycles. The predicted octanol–water partition coefficient (Wildman–Crippen LogP) is 5.17. The fourth-order valence-corrected chi connectivity index (χ4v) is 7.19. The number of aryl methyl sites for hydroxylation is 1. The van der Waals surface area contributed by atoms with Gasteiger partial charge in [0.15, 0.2) is 0 Å². The molecule has 0 unspecified atom stereocenters. The first kappa shape index (κ1) is 27.5. The number of nitrogens with one attached hydrogen (secondary N) is 1. The maximum atomic E-state index is 14.3. The molecule has 1 N–H and O–H groups in total. The van der Waals surface area contributed by atoms with Crippen molar-refractivity contribution in [3.63, 3.8) is 0 Å². The third kappa shape index (κ3) is 4.59. The van der Waals surface area contributed by atoms with E-state index in [1.807, 2.05) is 0 Å². The van der Waals surface area contributed by atoms with E-state index in [0.29, 0.717) is 22.6 Å².